The van der Waals surface area contributed by atoms with Crippen molar-refractivity contribution < 1.29 is 24.5 Å². The van der Waals surface area contributed by atoms with Gasteiger partial charge in [0.25, 0.3) is 0 Å². The van der Waals surface area contributed by atoms with E-state index < -0.39 is 18.2 Å². The SMILES string of the molecule is CC/C=C/C=C/C=C\CCCCCCCC(=O)OC(CCCCCCC/C=C/C=C/C=C/CC)CC(=O)NC(CO)C(O)CCCCCCCCCCCCCCCCC. The highest BCUT2D eigenvalue weighted by Crippen LogP contribution is 2.18. The lowest BCUT2D eigenvalue weighted by molar-refractivity contribution is -0.151. The molecule has 6 nitrogen and oxygen atoms in total. The Balaban J connectivity index is 4.61. The summed E-state index contributed by atoms with van der Waals surface area (Å²) in [6, 6.07) is -0.715. The lowest BCUT2D eigenvalue weighted by Gasteiger charge is -2.24. The van der Waals surface area contributed by atoms with Gasteiger partial charge in [0.05, 0.1) is 25.2 Å². The van der Waals surface area contributed by atoms with Crippen LogP contribution in [0.1, 0.15) is 233 Å². The maximum atomic E-state index is 13.2. The second-order valence-corrected chi connectivity index (χ2v) is 16.9. The van der Waals surface area contributed by atoms with Crippen LogP contribution in [0, 0.1) is 0 Å². The number of nitrogens with one attached hydrogen (secondary N) is 1. The number of rotatable bonds is 44. The third-order valence-electron chi connectivity index (χ3n) is 11.2. The number of amides is 1. The van der Waals surface area contributed by atoms with Gasteiger partial charge in [0, 0.05) is 6.42 Å². The van der Waals surface area contributed by atoms with E-state index in [2.05, 4.69) is 99.0 Å². The van der Waals surface area contributed by atoms with Crippen LogP contribution in [0.15, 0.2) is 72.9 Å². The van der Waals surface area contributed by atoms with Crippen molar-refractivity contribution in [3.8, 4) is 0 Å². The van der Waals surface area contributed by atoms with Gasteiger partial charge in [-0.25, -0.2) is 0 Å². The quantitative estimate of drug-likeness (QED) is 0.0323. The number of esters is 1. The van der Waals surface area contributed by atoms with Gasteiger partial charge in [0.15, 0.2) is 0 Å². The van der Waals surface area contributed by atoms with E-state index >= 15 is 0 Å². The van der Waals surface area contributed by atoms with Crippen molar-refractivity contribution in [1.82, 2.24) is 5.32 Å². The molecule has 0 bridgehead atoms. The Labute approximate surface area is 371 Å². The Morgan fingerprint density at radius 2 is 0.900 bits per heavy atom. The van der Waals surface area contributed by atoms with Crippen LogP contribution in [0.5, 0.6) is 0 Å². The molecule has 0 aliphatic carbocycles. The Bertz CT molecular complexity index is 1120. The zero-order valence-corrected chi connectivity index (χ0v) is 39.3. The number of unbranched alkanes of at least 4 members (excludes halogenated alkanes) is 24. The van der Waals surface area contributed by atoms with Crippen molar-refractivity contribution in [3.05, 3.63) is 72.9 Å². The largest absolute Gasteiger partial charge is 0.462 e. The Kier molecular flexibility index (Phi) is 45.2. The minimum atomic E-state index is -0.800. The molecule has 3 atom stereocenters. The first-order chi connectivity index (χ1) is 29.5. The normalized spacial score (nSPS) is 13.9. The van der Waals surface area contributed by atoms with Gasteiger partial charge in [-0.3, -0.25) is 9.59 Å². The molecular formula is C54H95NO5. The monoisotopic (exact) mass is 838 g/mol. The predicted molar refractivity (Wildman–Crippen MR) is 259 cm³/mol. The third-order valence-corrected chi connectivity index (χ3v) is 11.2. The second-order valence-electron chi connectivity index (χ2n) is 16.9. The van der Waals surface area contributed by atoms with Crippen molar-refractivity contribution in [1.29, 1.82) is 0 Å². The minimum Gasteiger partial charge on any atom is -0.462 e. The topological polar surface area (TPSA) is 95.9 Å². The molecule has 0 saturated heterocycles. The standard InChI is InChI=1S/C54H95NO5/c1-4-7-10-13-16-19-22-25-26-29-31-34-37-40-43-46-52(57)51(49-56)55-53(58)48-50(45-42-39-36-33-30-27-23-20-17-14-11-8-5-2)60-54(59)47-44-41-38-35-32-28-24-21-18-15-12-9-6-3/h8-9,11-12,14-15,17-18,20-21,23-24,50-52,56-57H,4-7,10,13,16,19,22,25-49H2,1-3H3,(H,55,58)/b11-8+,12-9+,17-14+,18-15+,23-20+,24-21-. The lowest BCUT2D eigenvalue weighted by Crippen LogP contribution is -2.46. The second kappa shape index (κ2) is 47.4. The highest BCUT2D eigenvalue weighted by molar-refractivity contribution is 5.77. The molecule has 0 saturated carbocycles. The molecule has 1 amide bonds. The van der Waals surface area contributed by atoms with Crippen LogP contribution in [0.2, 0.25) is 0 Å². The van der Waals surface area contributed by atoms with Gasteiger partial charge in [-0.2, -0.15) is 0 Å². The van der Waals surface area contributed by atoms with Crippen LogP contribution < -0.4 is 5.32 Å². The van der Waals surface area contributed by atoms with E-state index in [0.717, 1.165) is 109 Å². The van der Waals surface area contributed by atoms with Gasteiger partial charge < -0.3 is 20.3 Å². The van der Waals surface area contributed by atoms with E-state index in [1.54, 1.807) is 0 Å². The molecular weight excluding hydrogens is 743 g/mol. The van der Waals surface area contributed by atoms with Crippen molar-refractivity contribution in [2.45, 2.75) is 251 Å². The van der Waals surface area contributed by atoms with Crippen LogP contribution in [0.25, 0.3) is 0 Å². The summed E-state index contributed by atoms with van der Waals surface area (Å²) in [5.74, 6) is -0.520. The molecule has 0 radical (unpaired) electrons. The van der Waals surface area contributed by atoms with E-state index in [4.69, 9.17) is 4.74 Å². The number of aliphatic hydroxyl groups is 2. The zero-order chi connectivity index (χ0) is 43.8. The van der Waals surface area contributed by atoms with Crippen LogP contribution in [-0.2, 0) is 14.3 Å². The fraction of sp³-hybridized carbons (Fsp3) is 0.741. The molecule has 0 spiro atoms. The number of carbonyl (C=O) groups is 2. The number of ether oxygens (including phenoxy) is 1. The highest BCUT2D eigenvalue weighted by atomic mass is 16.5. The molecule has 0 aliphatic rings. The summed E-state index contributed by atoms with van der Waals surface area (Å²) < 4.78 is 5.91. The molecule has 3 N–H and O–H groups in total. The van der Waals surface area contributed by atoms with Crippen LogP contribution in [0.3, 0.4) is 0 Å². The zero-order valence-electron chi connectivity index (χ0n) is 39.3. The number of allylic oxidation sites excluding steroid dienone is 12. The van der Waals surface area contributed by atoms with Crippen molar-refractivity contribution >= 4 is 11.9 Å². The fourth-order valence-corrected chi connectivity index (χ4v) is 7.37. The van der Waals surface area contributed by atoms with E-state index in [-0.39, 0.29) is 24.9 Å². The summed E-state index contributed by atoms with van der Waals surface area (Å²) in [5.41, 5.74) is 0. The summed E-state index contributed by atoms with van der Waals surface area (Å²) in [6.07, 6.45) is 59.6. The number of hydrogen-bond donors (Lipinski definition) is 3. The fourth-order valence-electron chi connectivity index (χ4n) is 7.37. The predicted octanol–water partition coefficient (Wildman–Crippen LogP) is 15.0. The summed E-state index contributed by atoms with van der Waals surface area (Å²) in [5, 5.41) is 23.8. The Hall–Kier alpha value is -2.70. The maximum absolute atomic E-state index is 13.2. The average Bonchev–Trinajstić information content (AvgIpc) is 3.24. The van der Waals surface area contributed by atoms with Gasteiger partial charge in [-0.1, -0.05) is 229 Å². The van der Waals surface area contributed by atoms with E-state index in [0.29, 0.717) is 19.3 Å². The molecule has 60 heavy (non-hydrogen) atoms. The number of carbonyl (C=O) groups excluding carboxylic acids is 2. The minimum absolute atomic E-state index is 0.0529. The summed E-state index contributed by atoms with van der Waals surface area (Å²) in [6.45, 7) is 6.21. The number of hydrogen-bond acceptors (Lipinski definition) is 5. The summed E-state index contributed by atoms with van der Waals surface area (Å²) in [7, 11) is 0. The van der Waals surface area contributed by atoms with Crippen LogP contribution >= 0.6 is 0 Å². The van der Waals surface area contributed by atoms with Crippen molar-refractivity contribution in [2.24, 2.45) is 0 Å². The molecule has 0 aromatic rings. The van der Waals surface area contributed by atoms with Crippen molar-refractivity contribution in [2.75, 3.05) is 6.61 Å². The molecule has 0 aliphatic heterocycles. The van der Waals surface area contributed by atoms with E-state index in [9.17, 15) is 19.8 Å². The molecule has 0 aromatic carbocycles. The third kappa shape index (κ3) is 42.0. The molecule has 6 heteroatoms. The summed E-state index contributed by atoms with van der Waals surface area (Å²) in [4.78, 5) is 26.1. The first kappa shape index (κ1) is 57.3. The van der Waals surface area contributed by atoms with Gasteiger partial charge in [-0.05, 0) is 64.2 Å². The van der Waals surface area contributed by atoms with E-state index in [1.807, 2.05) is 0 Å². The first-order valence-corrected chi connectivity index (χ1v) is 25.2. The molecule has 3 unspecified atom stereocenters. The van der Waals surface area contributed by atoms with Gasteiger partial charge in [0.2, 0.25) is 5.91 Å². The molecule has 346 valence electrons. The lowest BCUT2D eigenvalue weighted by atomic mass is 10.0. The molecule has 0 fully saturated rings. The average molecular weight is 838 g/mol. The van der Waals surface area contributed by atoms with Crippen LogP contribution in [0.4, 0.5) is 0 Å². The molecule has 0 rings (SSSR count). The van der Waals surface area contributed by atoms with Gasteiger partial charge in [-0.15, -0.1) is 0 Å². The molecule has 0 heterocycles. The smallest absolute Gasteiger partial charge is 0.306 e. The number of aliphatic hydroxyl groups excluding tert-OH is 2. The summed E-state index contributed by atoms with van der Waals surface area (Å²) >= 11 is 0. The van der Waals surface area contributed by atoms with Crippen molar-refractivity contribution in [3.63, 3.8) is 0 Å². The first-order valence-electron chi connectivity index (χ1n) is 25.2. The maximum Gasteiger partial charge on any atom is 0.306 e. The Morgan fingerprint density at radius 3 is 1.35 bits per heavy atom. The van der Waals surface area contributed by atoms with E-state index in [1.165, 1.54) is 77.0 Å². The van der Waals surface area contributed by atoms with Crippen LogP contribution in [-0.4, -0.2) is 46.9 Å². The molecule has 0 aromatic heterocycles. The van der Waals surface area contributed by atoms with Gasteiger partial charge >= 0.3 is 5.97 Å². The van der Waals surface area contributed by atoms with Gasteiger partial charge in [0.1, 0.15) is 6.10 Å². The highest BCUT2D eigenvalue weighted by Gasteiger charge is 2.24. The Morgan fingerprint density at radius 1 is 0.500 bits per heavy atom.